The molecule has 0 fully saturated rings. The number of hydrogen-bond donors (Lipinski definition) is 0. The molecule has 6 heteroatoms. The van der Waals surface area contributed by atoms with Crippen molar-refractivity contribution in [3.05, 3.63) is 109 Å². The summed E-state index contributed by atoms with van der Waals surface area (Å²) in [6.07, 6.45) is 80.8. The number of esters is 3. The Balaban J connectivity index is 4.37. The van der Waals surface area contributed by atoms with E-state index in [1.54, 1.807) is 0 Å². The van der Waals surface area contributed by atoms with Gasteiger partial charge in [-0.25, -0.2) is 0 Å². The molecule has 0 aliphatic carbocycles. The lowest BCUT2D eigenvalue weighted by molar-refractivity contribution is -0.167. The van der Waals surface area contributed by atoms with Gasteiger partial charge in [-0.1, -0.05) is 239 Å². The van der Waals surface area contributed by atoms with Crippen LogP contribution in [0.1, 0.15) is 271 Å². The van der Waals surface area contributed by atoms with Crippen molar-refractivity contribution in [2.24, 2.45) is 0 Å². The van der Waals surface area contributed by atoms with Crippen molar-refractivity contribution < 1.29 is 28.6 Å². The first-order valence-electron chi connectivity index (χ1n) is 29.9. The van der Waals surface area contributed by atoms with Crippen LogP contribution >= 0.6 is 0 Å². The van der Waals surface area contributed by atoms with E-state index >= 15 is 0 Å². The zero-order valence-electron chi connectivity index (χ0n) is 46.9. The van der Waals surface area contributed by atoms with Gasteiger partial charge in [-0.15, -0.1) is 0 Å². The molecule has 1 atom stereocenters. The Morgan fingerprint density at radius 1 is 0.292 bits per heavy atom. The van der Waals surface area contributed by atoms with Crippen molar-refractivity contribution in [1.29, 1.82) is 0 Å². The fourth-order valence-electron chi connectivity index (χ4n) is 8.07. The highest BCUT2D eigenvalue weighted by Gasteiger charge is 2.19. The van der Waals surface area contributed by atoms with Crippen LogP contribution in [-0.4, -0.2) is 37.2 Å². The molecule has 410 valence electrons. The van der Waals surface area contributed by atoms with E-state index in [0.717, 1.165) is 128 Å². The van der Waals surface area contributed by atoms with Crippen molar-refractivity contribution in [2.75, 3.05) is 13.2 Å². The van der Waals surface area contributed by atoms with E-state index in [4.69, 9.17) is 14.2 Å². The number of allylic oxidation sites excluding steroid dienone is 18. The first kappa shape index (κ1) is 68.1. The summed E-state index contributed by atoms with van der Waals surface area (Å²) in [6, 6.07) is 0. The first-order valence-corrected chi connectivity index (χ1v) is 29.9. The summed E-state index contributed by atoms with van der Waals surface area (Å²) in [7, 11) is 0. The fourth-order valence-corrected chi connectivity index (χ4v) is 8.07. The lowest BCUT2D eigenvalue weighted by Gasteiger charge is -2.18. The second kappa shape index (κ2) is 59.6. The number of rotatable bonds is 53. The van der Waals surface area contributed by atoms with Crippen LogP contribution in [0.15, 0.2) is 109 Å². The van der Waals surface area contributed by atoms with Crippen LogP contribution < -0.4 is 0 Å². The number of unbranched alkanes of at least 4 members (excludes halogenated alkanes) is 24. The smallest absolute Gasteiger partial charge is 0.306 e. The van der Waals surface area contributed by atoms with Gasteiger partial charge in [-0.2, -0.15) is 0 Å². The van der Waals surface area contributed by atoms with Gasteiger partial charge in [0.2, 0.25) is 0 Å². The maximum Gasteiger partial charge on any atom is 0.306 e. The van der Waals surface area contributed by atoms with E-state index in [-0.39, 0.29) is 31.1 Å². The van der Waals surface area contributed by atoms with Crippen molar-refractivity contribution in [2.45, 2.75) is 277 Å². The van der Waals surface area contributed by atoms with Crippen LogP contribution in [-0.2, 0) is 28.6 Å². The Morgan fingerprint density at radius 2 is 0.542 bits per heavy atom. The monoisotopic (exact) mass is 999 g/mol. The molecule has 0 radical (unpaired) electrons. The molecule has 1 unspecified atom stereocenters. The second-order valence-electron chi connectivity index (χ2n) is 19.5. The van der Waals surface area contributed by atoms with Gasteiger partial charge < -0.3 is 14.2 Å². The SMILES string of the molecule is CC/C=C\C/C=C\C/C=C\C/C=C\CCCCCCCCCCCCC(=O)OCC(COC(=O)CCCCCCC/C=C\CCCCC)OC(=O)CCCCCCCC/C=C\C/C=C\C/C=C\C/C=C\CC. The molecule has 0 aliphatic rings. The molecule has 0 aliphatic heterocycles. The van der Waals surface area contributed by atoms with Crippen molar-refractivity contribution in [3.8, 4) is 0 Å². The normalized spacial score (nSPS) is 12.9. The molecule has 0 saturated carbocycles. The molecule has 0 heterocycles. The van der Waals surface area contributed by atoms with Crippen LogP contribution in [0.4, 0.5) is 0 Å². The highest BCUT2D eigenvalue weighted by molar-refractivity contribution is 5.71. The molecule has 0 aromatic carbocycles. The first-order chi connectivity index (χ1) is 35.5. The van der Waals surface area contributed by atoms with Crippen LogP contribution in [0.5, 0.6) is 0 Å². The molecule has 0 aromatic heterocycles. The summed E-state index contributed by atoms with van der Waals surface area (Å²) >= 11 is 0. The lowest BCUT2D eigenvalue weighted by Crippen LogP contribution is -2.30. The molecule has 72 heavy (non-hydrogen) atoms. The predicted molar refractivity (Wildman–Crippen MR) is 311 cm³/mol. The second-order valence-corrected chi connectivity index (χ2v) is 19.5. The summed E-state index contributed by atoms with van der Waals surface area (Å²) in [4.78, 5) is 38.2. The molecule has 6 nitrogen and oxygen atoms in total. The molecule has 0 amide bonds. The summed E-state index contributed by atoms with van der Waals surface area (Å²) in [5.41, 5.74) is 0. The lowest BCUT2D eigenvalue weighted by atomic mass is 10.1. The Bertz CT molecular complexity index is 1470. The highest BCUT2D eigenvalue weighted by atomic mass is 16.6. The third-order valence-electron chi connectivity index (χ3n) is 12.5. The minimum Gasteiger partial charge on any atom is -0.462 e. The van der Waals surface area contributed by atoms with Crippen molar-refractivity contribution in [1.82, 2.24) is 0 Å². The third kappa shape index (κ3) is 57.0. The maximum absolute atomic E-state index is 12.9. The Labute approximate surface area is 444 Å². The van der Waals surface area contributed by atoms with Gasteiger partial charge in [-0.3, -0.25) is 14.4 Å². The number of carbonyl (C=O) groups excluding carboxylic acids is 3. The molecule has 0 bridgehead atoms. The van der Waals surface area contributed by atoms with Gasteiger partial charge >= 0.3 is 17.9 Å². The summed E-state index contributed by atoms with van der Waals surface area (Å²) in [6.45, 7) is 6.38. The number of ether oxygens (including phenoxy) is 3. The molecular weight excluding hydrogens is 889 g/mol. The van der Waals surface area contributed by atoms with Gasteiger partial charge in [0.15, 0.2) is 6.10 Å². The van der Waals surface area contributed by atoms with Gasteiger partial charge in [-0.05, 0) is 122 Å². The average molecular weight is 1000 g/mol. The molecular formula is C66H110O6. The number of hydrogen-bond acceptors (Lipinski definition) is 6. The minimum absolute atomic E-state index is 0.0897. The molecule has 0 N–H and O–H groups in total. The average Bonchev–Trinajstić information content (AvgIpc) is 3.38. The quantitative estimate of drug-likeness (QED) is 0.0261. The van der Waals surface area contributed by atoms with Crippen molar-refractivity contribution in [3.63, 3.8) is 0 Å². The van der Waals surface area contributed by atoms with Crippen LogP contribution in [0, 0.1) is 0 Å². The summed E-state index contributed by atoms with van der Waals surface area (Å²) in [5.74, 6) is -0.914. The fraction of sp³-hybridized carbons (Fsp3) is 0.682. The standard InChI is InChI=1S/C66H110O6/c1-4-7-10-13-16-19-22-25-27-29-31-32-33-34-36-37-39-41-44-47-50-53-56-59-65(68)71-62-63(61-70-64(67)58-55-52-49-46-43-24-21-18-15-12-9-6-3)72-66(69)60-57-54-51-48-45-42-40-38-35-30-28-26-23-20-17-14-11-8-5-2/h7-8,10-11,16-21,25-28,31-32,35,38,63H,4-6,9,12-15,22-24,29-30,33-34,36-37,39-62H2,1-3H3/b10-7-,11-8-,19-16-,20-17-,21-18-,27-25-,28-26-,32-31-,38-35-. The van der Waals surface area contributed by atoms with E-state index in [1.807, 2.05) is 0 Å². The van der Waals surface area contributed by atoms with E-state index in [0.29, 0.717) is 19.3 Å². The molecule has 0 rings (SSSR count). The van der Waals surface area contributed by atoms with Crippen LogP contribution in [0.25, 0.3) is 0 Å². The highest BCUT2D eigenvalue weighted by Crippen LogP contribution is 2.15. The maximum atomic E-state index is 12.9. The van der Waals surface area contributed by atoms with E-state index in [9.17, 15) is 14.4 Å². The Kier molecular flexibility index (Phi) is 56.4. The van der Waals surface area contributed by atoms with E-state index in [1.165, 1.54) is 103 Å². The van der Waals surface area contributed by atoms with Gasteiger partial charge in [0.05, 0.1) is 0 Å². The van der Waals surface area contributed by atoms with Crippen LogP contribution in [0.2, 0.25) is 0 Å². The largest absolute Gasteiger partial charge is 0.462 e. The minimum atomic E-state index is -0.793. The zero-order valence-corrected chi connectivity index (χ0v) is 46.9. The van der Waals surface area contributed by atoms with E-state index in [2.05, 4.69) is 130 Å². The van der Waals surface area contributed by atoms with Gasteiger partial charge in [0, 0.05) is 19.3 Å². The summed E-state index contributed by atoms with van der Waals surface area (Å²) in [5, 5.41) is 0. The molecule has 0 spiro atoms. The van der Waals surface area contributed by atoms with Gasteiger partial charge in [0.1, 0.15) is 13.2 Å². The van der Waals surface area contributed by atoms with E-state index < -0.39 is 6.10 Å². The Hall–Kier alpha value is -3.93. The van der Waals surface area contributed by atoms with Crippen LogP contribution in [0.3, 0.4) is 0 Å². The van der Waals surface area contributed by atoms with Crippen molar-refractivity contribution >= 4 is 17.9 Å². The van der Waals surface area contributed by atoms with Gasteiger partial charge in [0.25, 0.3) is 0 Å². The third-order valence-corrected chi connectivity index (χ3v) is 12.5. The zero-order chi connectivity index (χ0) is 52.2. The topological polar surface area (TPSA) is 78.9 Å². The Morgan fingerprint density at radius 3 is 0.861 bits per heavy atom. The molecule has 0 aromatic rings. The number of carbonyl (C=O) groups is 3. The predicted octanol–water partition coefficient (Wildman–Crippen LogP) is 20.3. The molecule has 0 saturated heterocycles. The summed E-state index contributed by atoms with van der Waals surface area (Å²) < 4.78 is 16.9.